The normalized spacial score (nSPS) is 18.3. The van der Waals surface area contributed by atoms with Crippen LogP contribution < -0.4 is 0 Å². The minimum atomic E-state index is -1.10. The van der Waals surface area contributed by atoms with Gasteiger partial charge in [0, 0.05) is 29.8 Å². The summed E-state index contributed by atoms with van der Waals surface area (Å²) in [7, 11) is 0. The molecule has 1 fully saturated rings. The summed E-state index contributed by atoms with van der Waals surface area (Å²) in [5.41, 5.74) is 1.70. The smallest absolute Gasteiger partial charge is 0.336 e. The molecule has 3 rings (SSSR count). The molecule has 0 aliphatic carbocycles. The first-order chi connectivity index (χ1) is 12.3. The summed E-state index contributed by atoms with van der Waals surface area (Å²) in [5.74, 6) is -0.735. The third-order valence-corrected chi connectivity index (χ3v) is 4.95. The van der Waals surface area contributed by atoms with Crippen molar-refractivity contribution >= 4 is 5.97 Å². The Hall–Kier alpha value is -2.34. The molecule has 26 heavy (non-hydrogen) atoms. The van der Waals surface area contributed by atoms with Gasteiger partial charge in [0.25, 0.3) is 0 Å². The topological polar surface area (TPSA) is 66.3 Å². The Morgan fingerprint density at radius 2 is 2.08 bits per heavy atom. The highest BCUT2D eigenvalue weighted by Gasteiger charge is 2.25. The van der Waals surface area contributed by atoms with Crippen LogP contribution in [0.4, 0.5) is 4.39 Å². The number of likely N-dealkylation sites (tertiary alicyclic amines) is 1. The van der Waals surface area contributed by atoms with E-state index in [1.54, 1.807) is 6.92 Å². The van der Waals surface area contributed by atoms with Crippen LogP contribution in [0.1, 0.15) is 54.5 Å². The number of hydrogen-bond donors (Lipinski definition) is 1. The van der Waals surface area contributed by atoms with Gasteiger partial charge in [-0.25, -0.2) is 19.2 Å². The van der Waals surface area contributed by atoms with Gasteiger partial charge in [0.05, 0.1) is 11.3 Å². The van der Waals surface area contributed by atoms with Crippen molar-refractivity contribution in [3.05, 3.63) is 47.2 Å². The Morgan fingerprint density at radius 3 is 2.77 bits per heavy atom. The summed E-state index contributed by atoms with van der Waals surface area (Å²) < 4.78 is 13.7. The van der Waals surface area contributed by atoms with Crippen molar-refractivity contribution in [3.8, 4) is 11.3 Å². The van der Waals surface area contributed by atoms with E-state index < -0.39 is 11.8 Å². The fourth-order valence-corrected chi connectivity index (χ4v) is 3.57. The van der Waals surface area contributed by atoms with Crippen molar-refractivity contribution in [3.63, 3.8) is 0 Å². The monoisotopic (exact) mass is 357 g/mol. The first-order valence-corrected chi connectivity index (χ1v) is 8.98. The number of nitrogens with zero attached hydrogens (tertiary/aromatic N) is 3. The summed E-state index contributed by atoms with van der Waals surface area (Å²) in [6.07, 6.45) is 2.13. The fraction of sp³-hybridized carbons (Fsp3) is 0.450. The van der Waals surface area contributed by atoms with Gasteiger partial charge in [-0.3, -0.25) is 0 Å². The average Bonchev–Trinajstić information content (AvgIpc) is 2.61. The van der Waals surface area contributed by atoms with Crippen molar-refractivity contribution in [1.29, 1.82) is 0 Å². The van der Waals surface area contributed by atoms with Gasteiger partial charge in [-0.1, -0.05) is 0 Å². The van der Waals surface area contributed by atoms with E-state index in [2.05, 4.69) is 28.7 Å². The van der Waals surface area contributed by atoms with Gasteiger partial charge in [-0.05, 0) is 64.4 Å². The molecule has 1 aliphatic rings. The molecule has 5 nitrogen and oxygen atoms in total. The SMILES string of the molecule is Cc1nc(-c2cc(F)ccc2C(=O)O)cc([C@@H]2CCCN(C(C)C)C2)n1. The van der Waals surface area contributed by atoms with Gasteiger partial charge in [0.15, 0.2) is 0 Å². The molecule has 0 radical (unpaired) electrons. The lowest BCUT2D eigenvalue weighted by Gasteiger charge is -2.35. The van der Waals surface area contributed by atoms with Gasteiger partial charge in [-0.2, -0.15) is 0 Å². The van der Waals surface area contributed by atoms with Crippen molar-refractivity contribution in [2.45, 2.75) is 45.6 Å². The number of rotatable bonds is 4. The second kappa shape index (κ2) is 7.50. The highest BCUT2D eigenvalue weighted by molar-refractivity contribution is 5.95. The van der Waals surface area contributed by atoms with Crippen molar-refractivity contribution in [2.75, 3.05) is 13.1 Å². The first-order valence-electron chi connectivity index (χ1n) is 8.98. The Labute approximate surface area is 152 Å². The average molecular weight is 357 g/mol. The number of aryl methyl sites for hydroxylation is 1. The summed E-state index contributed by atoms with van der Waals surface area (Å²) >= 11 is 0. The molecular formula is C20H24FN3O2. The maximum atomic E-state index is 13.7. The lowest BCUT2D eigenvalue weighted by molar-refractivity contribution is 0.0697. The zero-order valence-electron chi connectivity index (χ0n) is 15.4. The van der Waals surface area contributed by atoms with E-state index >= 15 is 0 Å². The van der Waals surface area contributed by atoms with Crippen LogP contribution in [0.3, 0.4) is 0 Å². The molecule has 1 N–H and O–H groups in total. The molecule has 2 aromatic rings. The number of hydrogen-bond acceptors (Lipinski definition) is 4. The van der Waals surface area contributed by atoms with Crippen LogP contribution in [-0.4, -0.2) is 45.1 Å². The molecule has 0 unspecified atom stereocenters. The zero-order chi connectivity index (χ0) is 18.8. The highest BCUT2D eigenvalue weighted by Crippen LogP contribution is 2.30. The number of carboxylic acids is 1. The van der Waals surface area contributed by atoms with Crippen molar-refractivity contribution in [1.82, 2.24) is 14.9 Å². The van der Waals surface area contributed by atoms with Gasteiger partial charge in [0.1, 0.15) is 11.6 Å². The third-order valence-electron chi connectivity index (χ3n) is 4.95. The van der Waals surface area contributed by atoms with Crippen LogP contribution >= 0.6 is 0 Å². The van der Waals surface area contributed by atoms with Crippen molar-refractivity contribution < 1.29 is 14.3 Å². The second-order valence-corrected chi connectivity index (χ2v) is 7.15. The summed E-state index contributed by atoms with van der Waals surface area (Å²) in [4.78, 5) is 22.9. The van der Waals surface area contributed by atoms with Crippen molar-refractivity contribution in [2.24, 2.45) is 0 Å². The molecule has 2 heterocycles. The number of benzene rings is 1. The molecule has 1 aliphatic heterocycles. The minimum absolute atomic E-state index is 0.0444. The first kappa shape index (κ1) is 18.5. The molecule has 138 valence electrons. The Kier molecular flexibility index (Phi) is 5.32. The Balaban J connectivity index is 2.01. The number of aromatic carboxylic acids is 1. The molecule has 1 atom stereocenters. The molecule has 1 saturated heterocycles. The third kappa shape index (κ3) is 3.90. The van der Waals surface area contributed by atoms with E-state index in [0.717, 1.165) is 37.7 Å². The van der Waals surface area contributed by atoms with E-state index in [-0.39, 0.29) is 11.5 Å². The molecule has 0 amide bonds. The van der Waals surface area contributed by atoms with Crippen LogP contribution in [0.25, 0.3) is 11.3 Å². The van der Waals surface area contributed by atoms with E-state index in [4.69, 9.17) is 0 Å². The van der Waals surface area contributed by atoms with E-state index in [9.17, 15) is 14.3 Å². The molecule has 0 saturated carbocycles. The lowest BCUT2D eigenvalue weighted by atomic mass is 9.92. The number of halogens is 1. The summed E-state index contributed by atoms with van der Waals surface area (Å²) in [5, 5.41) is 9.43. The van der Waals surface area contributed by atoms with Gasteiger partial charge < -0.3 is 10.0 Å². The largest absolute Gasteiger partial charge is 0.478 e. The summed E-state index contributed by atoms with van der Waals surface area (Å²) in [6, 6.07) is 5.97. The van der Waals surface area contributed by atoms with E-state index in [1.807, 2.05) is 6.07 Å². The number of carboxylic acid groups (broad SMARTS) is 1. The summed E-state index contributed by atoms with van der Waals surface area (Å²) in [6.45, 7) is 8.16. The predicted molar refractivity (Wildman–Crippen MR) is 97.8 cm³/mol. The maximum Gasteiger partial charge on any atom is 0.336 e. The Morgan fingerprint density at radius 1 is 1.31 bits per heavy atom. The van der Waals surface area contributed by atoms with Crippen LogP contribution in [0.2, 0.25) is 0 Å². The second-order valence-electron chi connectivity index (χ2n) is 7.15. The predicted octanol–water partition coefficient (Wildman–Crippen LogP) is 3.88. The van der Waals surface area contributed by atoms with Gasteiger partial charge in [0.2, 0.25) is 0 Å². The molecule has 0 bridgehead atoms. The molecule has 1 aromatic heterocycles. The standard InChI is InChI=1S/C20H24FN3O2/c1-12(2)24-8-4-5-14(11-24)18-10-19(23-13(3)22-18)17-9-15(21)6-7-16(17)20(25)26/h6-7,9-10,12,14H,4-5,8,11H2,1-3H3,(H,25,26)/t14-/m1/s1. The number of aromatic nitrogens is 2. The van der Waals surface area contributed by atoms with Crippen LogP contribution in [0, 0.1) is 12.7 Å². The quantitative estimate of drug-likeness (QED) is 0.899. The molecule has 1 aromatic carbocycles. The maximum absolute atomic E-state index is 13.7. The zero-order valence-corrected chi connectivity index (χ0v) is 15.4. The lowest BCUT2D eigenvalue weighted by Crippen LogP contribution is -2.39. The number of piperidine rings is 1. The molecule has 0 spiro atoms. The number of carbonyl (C=O) groups is 1. The molecular weight excluding hydrogens is 333 g/mol. The minimum Gasteiger partial charge on any atom is -0.478 e. The fourth-order valence-electron chi connectivity index (χ4n) is 3.57. The van der Waals surface area contributed by atoms with E-state index in [1.165, 1.54) is 12.1 Å². The van der Waals surface area contributed by atoms with Gasteiger partial charge >= 0.3 is 5.97 Å². The van der Waals surface area contributed by atoms with Crippen LogP contribution in [0.15, 0.2) is 24.3 Å². The van der Waals surface area contributed by atoms with Crippen LogP contribution in [-0.2, 0) is 0 Å². The van der Waals surface area contributed by atoms with Gasteiger partial charge in [-0.15, -0.1) is 0 Å². The molecule has 6 heteroatoms. The highest BCUT2D eigenvalue weighted by atomic mass is 19.1. The van der Waals surface area contributed by atoms with E-state index in [0.29, 0.717) is 23.1 Å². The Bertz CT molecular complexity index is 823. The van der Waals surface area contributed by atoms with Crippen LogP contribution in [0.5, 0.6) is 0 Å².